The zero-order valence-electron chi connectivity index (χ0n) is 12.5. The van der Waals surface area contributed by atoms with Gasteiger partial charge in [0, 0.05) is 43.4 Å². The van der Waals surface area contributed by atoms with Crippen molar-refractivity contribution in [2.45, 2.75) is 13.0 Å². The summed E-state index contributed by atoms with van der Waals surface area (Å²) in [4.78, 5) is 6.79. The first-order valence-corrected chi connectivity index (χ1v) is 7.84. The van der Waals surface area contributed by atoms with Gasteiger partial charge in [-0.25, -0.2) is 0 Å². The largest absolute Gasteiger partial charge is 0.378 e. The van der Waals surface area contributed by atoms with Crippen LogP contribution >= 0.6 is 35.6 Å². The van der Waals surface area contributed by atoms with Gasteiger partial charge in [-0.1, -0.05) is 11.6 Å². The molecule has 2 aliphatic rings. The highest BCUT2D eigenvalue weighted by atomic mass is 127. The fourth-order valence-corrected chi connectivity index (χ4v) is 2.83. The molecule has 0 saturated carbocycles. The first-order chi connectivity index (χ1) is 10.3. The summed E-state index contributed by atoms with van der Waals surface area (Å²) in [6.45, 7) is 6.01. The second-order valence-electron chi connectivity index (χ2n) is 5.24. The maximum atomic E-state index is 6.16. The molecule has 3 rings (SSSR count). The zero-order chi connectivity index (χ0) is 14.5. The number of halogens is 2. The molecule has 0 spiro atoms. The standard InChI is InChI=1S/C15H21ClN4O.HI/c16-13-2-3-14(20-6-8-21-9-7-20)12(10-13)11-19-15-17-4-1-5-18-15;/h2-3,10H,1,4-9,11H2,(H2,17,18,19);1H. The molecule has 1 saturated heterocycles. The van der Waals surface area contributed by atoms with E-state index in [0.717, 1.165) is 63.3 Å². The van der Waals surface area contributed by atoms with Gasteiger partial charge in [0.05, 0.1) is 13.2 Å². The van der Waals surface area contributed by atoms with E-state index in [9.17, 15) is 0 Å². The molecule has 2 aliphatic heterocycles. The van der Waals surface area contributed by atoms with Gasteiger partial charge in [0.25, 0.3) is 0 Å². The third-order valence-electron chi connectivity index (χ3n) is 3.74. The highest BCUT2D eigenvalue weighted by Crippen LogP contribution is 2.25. The molecule has 0 atom stereocenters. The average molecular weight is 437 g/mol. The fraction of sp³-hybridized carbons (Fsp3) is 0.533. The normalized spacial score (nSPS) is 18.0. The monoisotopic (exact) mass is 436 g/mol. The van der Waals surface area contributed by atoms with Gasteiger partial charge in [0.1, 0.15) is 0 Å². The van der Waals surface area contributed by atoms with Crippen LogP contribution in [0.1, 0.15) is 12.0 Å². The molecule has 5 nitrogen and oxygen atoms in total. The van der Waals surface area contributed by atoms with Crippen LogP contribution in [0.3, 0.4) is 0 Å². The van der Waals surface area contributed by atoms with Gasteiger partial charge >= 0.3 is 0 Å². The van der Waals surface area contributed by atoms with Crippen molar-refractivity contribution in [1.82, 2.24) is 10.6 Å². The lowest BCUT2D eigenvalue weighted by Crippen LogP contribution is -2.41. The quantitative estimate of drug-likeness (QED) is 0.714. The Kier molecular flexibility index (Phi) is 7.04. The Hall–Kier alpha value is -0.730. The molecule has 0 amide bonds. The summed E-state index contributed by atoms with van der Waals surface area (Å²) in [6, 6.07) is 6.08. The van der Waals surface area contributed by atoms with Gasteiger partial charge in [-0.2, -0.15) is 0 Å². The van der Waals surface area contributed by atoms with E-state index < -0.39 is 0 Å². The summed E-state index contributed by atoms with van der Waals surface area (Å²) in [6.07, 6.45) is 1.10. The Morgan fingerprint density at radius 3 is 2.86 bits per heavy atom. The molecule has 0 radical (unpaired) electrons. The van der Waals surface area contributed by atoms with Crippen LogP contribution in [0.5, 0.6) is 0 Å². The lowest BCUT2D eigenvalue weighted by atomic mass is 10.1. The Labute approximate surface area is 153 Å². The van der Waals surface area contributed by atoms with Crippen molar-refractivity contribution in [2.24, 2.45) is 4.99 Å². The van der Waals surface area contributed by atoms with E-state index in [1.165, 1.54) is 11.3 Å². The third kappa shape index (κ3) is 4.63. The Morgan fingerprint density at radius 1 is 1.32 bits per heavy atom. The van der Waals surface area contributed by atoms with E-state index in [1.807, 2.05) is 12.1 Å². The minimum atomic E-state index is 0. The van der Waals surface area contributed by atoms with Gasteiger partial charge in [-0.3, -0.25) is 4.99 Å². The molecule has 7 heteroatoms. The molecule has 0 aliphatic carbocycles. The van der Waals surface area contributed by atoms with Crippen LogP contribution in [0.4, 0.5) is 5.69 Å². The van der Waals surface area contributed by atoms with Crippen molar-refractivity contribution in [1.29, 1.82) is 0 Å². The molecule has 2 heterocycles. The number of morpholine rings is 1. The molecule has 2 N–H and O–H groups in total. The van der Waals surface area contributed by atoms with Gasteiger partial charge in [0.2, 0.25) is 0 Å². The van der Waals surface area contributed by atoms with Crippen molar-refractivity contribution < 1.29 is 4.74 Å². The number of ether oxygens (including phenoxy) is 1. The van der Waals surface area contributed by atoms with Crippen molar-refractivity contribution in [3.05, 3.63) is 28.8 Å². The Bertz CT molecular complexity index is 520. The second-order valence-corrected chi connectivity index (χ2v) is 5.67. The van der Waals surface area contributed by atoms with Crippen LogP contribution in [0, 0.1) is 0 Å². The van der Waals surface area contributed by atoms with E-state index in [0.29, 0.717) is 0 Å². The molecule has 122 valence electrons. The number of nitrogens with one attached hydrogen (secondary N) is 2. The van der Waals surface area contributed by atoms with E-state index in [4.69, 9.17) is 16.3 Å². The van der Waals surface area contributed by atoms with Crippen LogP contribution in [0.25, 0.3) is 0 Å². The summed E-state index contributed by atoms with van der Waals surface area (Å²) in [5, 5.41) is 7.41. The Morgan fingerprint density at radius 2 is 2.14 bits per heavy atom. The fourth-order valence-electron chi connectivity index (χ4n) is 2.64. The van der Waals surface area contributed by atoms with Crippen molar-refractivity contribution in [3.8, 4) is 0 Å². The predicted molar refractivity (Wildman–Crippen MR) is 102 cm³/mol. The van der Waals surface area contributed by atoms with E-state index in [-0.39, 0.29) is 24.0 Å². The van der Waals surface area contributed by atoms with E-state index >= 15 is 0 Å². The van der Waals surface area contributed by atoms with Gasteiger partial charge in [0.15, 0.2) is 5.96 Å². The van der Waals surface area contributed by atoms with Crippen LogP contribution in [-0.4, -0.2) is 45.4 Å². The first kappa shape index (κ1) is 17.6. The Balaban J connectivity index is 0.00000176. The summed E-state index contributed by atoms with van der Waals surface area (Å²) in [5.41, 5.74) is 2.42. The summed E-state index contributed by atoms with van der Waals surface area (Å²) >= 11 is 6.16. The molecule has 0 unspecified atom stereocenters. The maximum absolute atomic E-state index is 6.16. The van der Waals surface area contributed by atoms with Gasteiger partial charge in [-0.05, 0) is 30.2 Å². The highest BCUT2D eigenvalue weighted by Gasteiger charge is 2.15. The number of benzene rings is 1. The number of anilines is 1. The van der Waals surface area contributed by atoms with Crippen molar-refractivity contribution in [3.63, 3.8) is 0 Å². The molecule has 0 bridgehead atoms. The van der Waals surface area contributed by atoms with E-state index in [2.05, 4.69) is 26.6 Å². The molecular formula is C15H22ClIN4O. The SMILES string of the molecule is Clc1ccc(N2CCOCC2)c(CNC2=NCCCN2)c1.I. The summed E-state index contributed by atoms with van der Waals surface area (Å²) in [5.74, 6) is 0.883. The van der Waals surface area contributed by atoms with Crippen molar-refractivity contribution >= 4 is 47.2 Å². The topological polar surface area (TPSA) is 48.9 Å². The molecule has 1 aromatic carbocycles. The van der Waals surface area contributed by atoms with Crippen LogP contribution in [0.2, 0.25) is 5.02 Å². The number of hydrogen-bond acceptors (Lipinski definition) is 5. The smallest absolute Gasteiger partial charge is 0.191 e. The number of aliphatic imine (C=N–C) groups is 1. The zero-order valence-corrected chi connectivity index (χ0v) is 15.6. The van der Waals surface area contributed by atoms with Gasteiger partial charge in [-0.15, -0.1) is 24.0 Å². The molecule has 1 fully saturated rings. The van der Waals surface area contributed by atoms with Crippen LogP contribution in [0.15, 0.2) is 23.2 Å². The first-order valence-electron chi connectivity index (χ1n) is 7.46. The van der Waals surface area contributed by atoms with Gasteiger partial charge < -0.3 is 20.3 Å². The van der Waals surface area contributed by atoms with E-state index in [1.54, 1.807) is 0 Å². The lowest BCUT2D eigenvalue weighted by Gasteiger charge is -2.31. The summed E-state index contributed by atoms with van der Waals surface area (Å²) in [7, 11) is 0. The molecule has 1 aromatic rings. The van der Waals surface area contributed by atoms with Crippen LogP contribution < -0.4 is 15.5 Å². The minimum absolute atomic E-state index is 0. The third-order valence-corrected chi connectivity index (χ3v) is 3.97. The van der Waals surface area contributed by atoms with Crippen LogP contribution in [-0.2, 0) is 11.3 Å². The number of rotatable bonds is 3. The second kappa shape index (κ2) is 8.79. The molecule has 0 aromatic heterocycles. The molecular weight excluding hydrogens is 415 g/mol. The number of nitrogens with zero attached hydrogens (tertiary/aromatic N) is 2. The number of guanidine groups is 1. The van der Waals surface area contributed by atoms with Crippen molar-refractivity contribution in [2.75, 3.05) is 44.3 Å². The molecule has 22 heavy (non-hydrogen) atoms. The average Bonchev–Trinajstić information content (AvgIpc) is 2.55. The predicted octanol–water partition coefficient (Wildman–Crippen LogP) is 2.23. The summed E-state index contributed by atoms with van der Waals surface area (Å²) < 4.78 is 5.43. The number of hydrogen-bond donors (Lipinski definition) is 2. The highest BCUT2D eigenvalue weighted by molar-refractivity contribution is 14.0. The maximum Gasteiger partial charge on any atom is 0.191 e. The lowest BCUT2D eigenvalue weighted by molar-refractivity contribution is 0.122. The minimum Gasteiger partial charge on any atom is -0.378 e.